The number of hydrogen-bond donors (Lipinski definition) is 2. The zero-order valence-corrected chi connectivity index (χ0v) is 16.0. The van der Waals surface area contributed by atoms with Crippen molar-refractivity contribution in [3.05, 3.63) is 64.5 Å². The van der Waals surface area contributed by atoms with Crippen LogP contribution in [-0.4, -0.2) is 15.3 Å². The van der Waals surface area contributed by atoms with Gasteiger partial charge in [0.05, 0.1) is 17.1 Å². The number of halogens is 4. The Morgan fingerprint density at radius 1 is 1.21 bits per heavy atom. The number of benzene rings is 2. The molecule has 10 heteroatoms. The topological polar surface area (TPSA) is 63.0 Å². The van der Waals surface area contributed by atoms with E-state index >= 15 is 0 Å². The molecule has 0 radical (unpaired) electrons. The highest BCUT2D eigenvalue weighted by molar-refractivity contribution is 7.80. The lowest BCUT2D eigenvalue weighted by Crippen LogP contribution is -2.28. The number of aromatic nitrogens is 2. The second kappa shape index (κ2) is 8.15. The number of rotatable bonds is 4. The van der Waals surface area contributed by atoms with E-state index < -0.39 is 11.7 Å². The Morgan fingerprint density at radius 3 is 2.68 bits per heavy atom. The average Bonchev–Trinajstić information content (AvgIpc) is 3.10. The van der Waals surface area contributed by atoms with Crippen LogP contribution in [0.15, 0.2) is 47.0 Å². The van der Waals surface area contributed by atoms with Crippen LogP contribution < -0.4 is 10.6 Å². The third-order valence-electron chi connectivity index (χ3n) is 3.78. The Labute approximate surface area is 168 Å². The quantitative estimate of drug-likeness (QED) is 0.559. The van der Waals surface area contributed by atoms with Crippen molar-refractivity contribution < 1.29 is 17.7 Å². The van der Waals surface area contributed by atoms with E-state index in [1.807, 2.05) is 31.2 Å². The van der Waals surface area contributed by atoms with Gasteiger partial charge in [-0.25, -0.2) is 0 Å². The van der Waals surface area contributed by atoms with Crippen molar-refractivity contribution in [1.29, 1.82) is 0 Å². The van der Waals surface area contributed by atoms with Gasteiger partial charge in [-0.3, -0.25) is 0 Å². The zero-order chi connectivity index (χ0) is 20.3. The molecule has 28 heavy (non-hydrogen) atoms. The largest absolute Gasteiger partial charge is 0.417 e. The molecule has 0 amide bonds. The molecule has 1 aromatic heterocycles. The van der Waals surface area contributed by atoms with E-state index in [1.165, 1.54) is 6.07 Å². The number of nitrogens with zero attached hydrogens (tertiary/aromatic N) is 2. The van der Waals surface area contributed by atoms with E-state index in [9.17, 15) is 13.2 Å². The second-order valence-electron chi connectivity index (χ2n) is 5.83. The molecule has 0 aliphatic rings. The van der Waals surface area contributed by atoms with Gasteiger partial charge in [-0.1, -0.05) is 41.0 Å². The predicted octanol–water partition coefficient (Wildman–Crippen LogP) is 5.20. The van der Waals surface area contributed by atoms with Gasteiger partial charge in [0.1, 0.15) is 0 Å². The van der Waals surface area contributed by atoms with Gasteiger partial charge in [-0.2, -0.15) is 18.2 Å². The summed E-state index contributed by atoms with van der Waals surface area (Å²) in [4.78, 5) is 4.28. The summed E-state index contributed by atoms with van der Waals surface area (Å²) < 4.78 is 43.9. The Kier molecular flexibility index (Phi) is 5.85. The van der Waals surface area contributed by atoms with Gasteiger partial charge in [-0.15, -0.1) is 0 Å². The first-order chi connectivity index (χ1) is 13.2. The smallest absolute Gasteiger partial charge is 0.353 e. The molecule has 2 N–H and O–H groups in total. The highest BCUT2D eigenvalue weighted by atomic mass is 35.5. The van der Waals surface area contributed by atoms with E-state index in [2.05, 4.69) is 20.8 Å². The first-order valence-corrected chi connectivity index (χ1v) is 8.83. The summed E-state index contributed by atoms with van der Waals surface area (Å²) in [7, 11) is 0. The van der Waals surface area contributed by atoms with E-state index in [-0.39, 0.29) is 28.3 Å². The van der Waals surface area contributed by atoms with Crippen LogP contribution in [0.25, 0.3) is 11.4 Å². The fourth-order valence-electron chi connectivity index (χ4n) is 2.41. The molecule has 0 spiro atoms. The average molecular weight is 427 g/mol. The molecule has 0 aliphatic heterocycles. The number of anilines is 1. The van der Waals surface area contributed by atoms with Gasteiger partial charge < -0.3 is 15.2 Å². The van der Waals surface area contributed by atoms with Crippen molar-refractivity contribution in [2.45, 2.75) is 19.6 Å². The zero-order valence-electron chi connectivity index (χ0n) is 14.5. The van der Waals surface area contributed by atoms with Crippen molar-refractivity contribution in [3.63, 3.8) is 0 Å². The van der Waals surface area contributed by atoms with Gasteiger partial charge in [0.15, 0.2) is 5.11 Å². The van der Waals surface area contributed by atoms with Crippen LogP contribution in [0.1, 0.15) is 17.0 Å². The van der Waals surface area contributed by atoms with Gasteiger partial charge in [0.2, 0.25) is 11.7 Å². The summed E-state index contributed by atoms with van der Waals surface area (Å²) in [5.74, 6) is 0.732. The summed E-state index contributed by atoms with van der Waals surface area (Å²) >= 11 is 10.7. The monoisotopic (exact) mass is 426 g/mol. The lowest BCUT2D eigenvalue weighted by molar-refractivity contribution is -0.137. The standard InChI is InChI=1S/C18H14ClF3N4OS/c1-10-4-2-3-5-12(10)16-25-15(27-26-16)9-23-17(28)24-11-6-7-14(19)13(8-11)18(20,21)22/h2-8H,9H2,1H3,(H2,23,24,28). The Bertz CT molecular complexity index is 1010. The maximum atomic E-state index is 12.9. The van der Waals surface area contributed by atoms with Crippen molar-refractivity contribution >= 4 is 34.6 Å². The van der Waals surface area contributed by atoms with Crippen molar-refractivity contribution in [3.8, 4) is 11.4 Å². The number of nitrogens with one attached hydrogen (secondary N) is 2. The number of alkyl halides is 3. The molecule has 0 bridgehead atoms. The van der Waals surface area contributed by atoms with Crippen LogP contribution in [0.5, 0.6) is 0 Å². The molecule has 146 valence electrons. The maximum Gasteiger partial charge on any atom is 0.417 e. The first-order valence-electron chi connectivity index (χ1n) is 8.04. The van der Waals surface area contributed by atoms with E-state index in [4.69, 9.17) is 28.3 Å². The highest BCUT2D eigenvalue weighted by Crippen LogP contribution is 2.36. The van der Waals surface area contributed by atoms with Gasteiger partial charge >= 0.3 is 6.18 Å². The third kappa shape index (κ3) is 4.79. The fourth-order valence-corrected chi connectivity index (χ4v) is 2.83. The van der Waals surface area contributed by atoms with E-state index in [1.54, 1.807) is 0 Å². The molecule has 1 heterocycles. The number of aryl methyl sites for hydroxylation is 1. The van der Waals surface area contributed by atoms with Crippen molar-refractivity contribution in [1.82, 2.24) is 15.5 Å². The summed E-state index contributed by atoms with van der Waals surface area (Å²) in [5, 5.41) is 9.13. The summed E-state index contributed by atoms with van der Waals surface area (Å²) in [6.07, 6.45) is -4.56. The molecule has 0 atom stereocenters. The minimum atomic E-state index is -4.56. The minimum Gasteiger partial charge on any atom is -0.353 e. The normalized spacial score (nSPS) is 11.3. The minimum absolute atomic E-state index is 0.103. The fraction of sp³-hybridized carbons (Fsp3) is 0.167. The molecule has 5 nitrogen and oxygen atoms in total. The highest BCUT2D eigenvalue weighted by Gasteiger charge is 2.33. The predicted molar refractivity (Wildman–Crippen MR) is 104 cm³/mol. The summed E-state index contributed by atoms with van der Waals surface area (Å²) in [6, 6.07) is 11.0. The van der Waals surface area contributed by atoms with Crippen molar-refractivity contribution in [2.75, 3.05) is 5.32 Å². The molecule has 3 rings (SSSR count). The second-order valence-corrected chi connectivity index (χ2v) is 6.64. The summed E-state index contributed by atoms with van der Waals surface area (Å²) in [6.45, 7) is 2.05. The lowest BCUT2D eigenvalue weighted by atomic mass is 10.1. The third-order valence-corrected chi connectivity index (χ3v) is 4.36. The summed E-state index contributed by atoms with van der Waals surface area (Å²) in [5.41, 5.74) is 1.06. The molecule has 0 saturated heterocycles. The number of thiocarbonyl (C=S) groups is 1. The van der Waals surface area contributed by atoms with Gasteiger partial charge in [0, 0.05) is 11.3 Å². The van der Waals surface area contributed by atoms with Crippen LogP contribution in [0.4, 0.5) is 18.9 Å². The lowest BCUT2D eigenvalue weighted by Gasteiger charge is -2.13. The van der Waals surface area contributed by atoms with Crippen LogP contribution in [-0.2, 0) is 12.7 Å². The van der Waals surface area contributed by atoms with Crippen LogP contribution in [0, 0.1) is 6.92 Å². The van der Waals surface area contributed by atoms with Crippen molar-refractivity contribution in [2.24, 2.45) is 0 Å². The molecular weight excluding hydrogens is 413 g/mol. The molecule has 0 unspecified atom stereocenters. The van der Waals surface area contributed by atoms with Crippen LogP contribution in [0.2, 0.25) is 5.02 Å². The molecule has 0 aliphatic carbocycles. The SMILES string of the molecule is Cc1ccccc1-c1noc(CNC(=S)Nc2ccc(Cl)c(C(F)(F)F)c2)n1. The van der Waals surface area contributed by atoms with E-state index in [0.717, 1.165) is 23.3 Å². The van der Waals surface area contributed by atoms with Gasteiger partial charge in [0.25, 0.3) is 0 Å². The Morgan fingerprint density at radius 2 is 1.96 bits per heavy atom. The molecule has 2 aromatic carbocycles. The van der Waals surface area contributed by atoms with Crippen LogP contribution >= 0.6 is 23.8 Å². The molecule has 3 aromatic rings. The Hall–Kier alpha value is -2.65. The molecule has 0 fully saturated rings. The van der Waals surface area contributed by atoms with Crippen LogP contribution in [0.3, 0.4) is 0 Å². The first kappa shape index (κ1) is 20.1. The van der Waals surface area contributed by atoms with E-state index in [0.29, 0.717) is 5.82 Å². The number of hydrogen-bond acceptors (Lipinski definition) is 4. The Balaban J connectivity index is 1.62. The van der Waals surface area contributed by atoms with Gasteiger partial charge in [-0.05, 0) is 42.9 Å². The maximum absolute atomic E-state index is 12.9. The molecule has 0 saturated carbocycles. The molecular formula is C18H14ClF3N4OS.